The molecule has 1 aliphatic rings. The zero-order chi connectivity index (χ0) is 14.8. The lowest BCUT2D eigenvalue weighted by molar-refractivity contribution is 0.338. The molecule has 0 aliphatic carbocycles. The van der Waals surface area contributed by atoms with Gasteiger partial charge in [0.25, 0.3) is 0 Å². The molecular formula is C16H17NO3S. The Morgan fingerprint density at radius 2 is 2.14 bits per heavy atom. The van der Waals surface area contributed by atoms with Gasteiger partial charge >= 0.3 is 0 Å². The van der Waals surface area contributed by atoms with Crippen LogP contribution in [0.4, 0.5) is 5.69 Å². The summed E-state index contributed by atoms with van der Waals surface area (Å²) in [5.74, 6) is 2.12. The third-order valence-corrected chi connectivity index (χ3v) is 5.12. The number of methoxy groups -OCH3 is 1. The van der Waals surface area contributed by atoms with Crippen LogP contribution in [0.3, 0.4) is 0 Å². The van der Waals surface area contributed by atoms with Crippen LogP contribution in [0.5, 0.6) is 11.5 Å². The van der Waals surface area contributed by atoms with Crippen molar-refractivity contribution in [3.63, 3.8) is 0 Å². The average Bonchev–Trinajstić information content (AvgIpc) is 2.90. The predicted molar refractivity (Wildman–Crippen MR) is 83.4 cm³/mol. The van der Waals surface area contributed by atoms with Gasteiger partial charge < -0.3 is 15.2 Å². The third-order valence-electron chi connectivity index (χ3n) is 3.58. The van der Waals surface area contributed by atoms with Gasteiger partial charge in [-0.3, -0.25) is 4.21 Å². The van der Waals surface area contributed by atoms with Crippen molar-refractivity contribution in [2.75, 3.05) is 25.2 Å². The highest BCUT2D eigenvalue weighted by molar-refractivity contribution is 7.85. The van der Waals surface area contributed by atoms with Crippen LogP contribution in [0.15, 0.2) is 47.4 Å². The fourth-order valence-corrected chi connectivity index (χ4v) is 3.92. The minimum Gasteiger partial charge on any atom is -0.495 e. The Morgan fingerprint density at radius 1 is 1.33 bits per heavy atom. The van der Waals surface area contributed by atoms with Crippen molar-refractivity contribution in [3.8, 4) is 11.5 Å². The molecule has 4 nitrogen and oxygen atoms in total. The van der Waals surface area contributed by atoms with Crippen LogP contribution >= 0.6 is 0 Å². The van der Waals surface area contributed by atoms with Gasteiger partial charge in [-0.05, 0) is 18.2 Å². The molecule has 0 fully saturated rings. The summed E-state index contributed by atoms with van der Waals surface area (Å²) in [5.41, 5.74) is 7.46. The van der Waals surface area contributed by atoms with E-state index in [0.29, 0.717) is 28.7 Å². The first-order valence-corrected chi connectivity index (χ1v) is 8.04. The van der Waals surface area contributed by atoms with E-state index in [1.165, 1.54) is 0 Å². The summed E-state index contributed by atoms with van der Waals surface area (Å²) in [7, 11) is 0.398. The van der Waals surface area contributed by atoms with Crippen molar-refractivity contribution in [3.05, 3.63) is 48.0 Å². The van der Waals surface area contributed by atoms with Crippen molar-refractivity contribution < 1.29 is 13.7 Å². The summed E-state index contributed by atoms with van der Waals surface area (Å²) >= 11 is 0. The van der Waals surface area contributed by atoms with Gasteiger partial charge in [-0.15, -0.1) is 0 Å². The van der Waals surface area contributed by atoms with Crippen LogP contribution in [-0.2, 0) is 10.8 Å². The van der Waals surface area contributed by atoms with Crippen LogP contribution in [0.25, 0.3) is 0 Å². The van der Waals surface area contributed by atoms with Gasteiger partial charge in [0, 0.05) is 29.0 Å². The van der Waals surface area contributed by atoms with Gasteiger partial charge in [0.05, 0.1) is 29.4 Å². The molecule has 1 aliphatic heterocycles. The fourth-order valence-electron chi connectivity index (χ4n) is 2.51. The SMILES string of the molecule is COc1cc(N)ccc1S(=O)CC1COc2ccccc21. The number of ether oxygens (including phenoxy) is 2. The molecule has 0 bridgehead atoms. The van der Waals surface area contributed by atoms with Crippen molar-refractivity contribution in [1.82, 2.24) is 0 Å². The monoisotopic (exact) mass is 303 g/mol. The molecule has 2 aromatic rings. The first-order valence-electron chi connectivity index (χ1n) is 6.72. The standard InChI is InChI=1S/C16H17NO3S/c1-19-15-8-12(17)6-7-16(15)21(18)10-11-9-20-14-5-3-2-4-13(11)14/h2-8,11H,9-10,17H2,1H3. The van der Waals surface area contributed by atoms with Crippen LogP contribution in [-0.4, -0.2) is 23.7 Å². The number of rotatable bonds is 4. The van der Waals surface area contributed by atoms with E-state index in [2.05, 4.69) is 0 Å². The minimum absolute atomic E-state index is 0.143. The third kappa shape index (κ3) is 2.74. The minimum atomic E-state index is -1.16. The summed E-state index contributed by atoms with van der Waals surface area (Å²) < 4.78 is 23.6. The van der Waals surface area contributed by atoms with Crippen molar-refractivity contribution in [1.29, 1.82) is 0 Å². The molecule has 0 radical (unpaired) electrons. The smallest absolute Gasteiger partial charge is 0.137 e. The molecule has 0 spiro atoms. The molecule has 110 valence electrons. The number of anilines is 1. The molecule has 2 N–H and O–H groups in total. The lowest BCUT2D eigenvalue weighted by Crippen LogP contribution is -2.12. The number of hydrogen-bond acceptors (Lipinski definition) is 4. The lowest BCUT2D eigenvalue weighted by atomic mass is 10.0. The molecule has 0 saturated heterocycles. The van der Waals surface area contributed by atoms with Gasteiger partial charge in [-0.25, -0.2) is 0 Å². The van der Waals surface area contributed by atoms with E-state index in [1.807, 2.05) is 24.3 Å². The Bertz CT molecular complexity index is 687. The normalized spacial score (nSPS) is 17.9. The Kier molecular flexibility index (Phi) is 3.84. The highest BCUT2D eigenvalue weighted by Gasteiger charge is 2.26. The van der Waals surface area contributed by atoms with Gasteiger partial charge in [-0.2, -0.15) is 0 Å². The maximum atomic E-state index is 12.6. The second-order valence-electron chi connectivity index (χ2n) is 4.97. The molecule has 2 unspecified atom stereocenters. The molecule has 5 heteroatoms. The van der Waals surface area contributed by atoms with E-state index in [9.17, 15) is 4.21 Å². The summed E-state index contributed by atoms with van der Waals surface area (Å²) in [6.45, 7) is 0.572. The Morgan fingerprint density at radius 3 is 2.95 bits per heavy atom. The van der Waals surface area contributed by atoms with Crippen LogP contribution < -0.4 is 15.2 Å². The molecule has 0 amide bonds. The van der Waals surface area contributed by atoms with E-state index < -0.39 is 10.8 Å². The van der Waals surface area contributed by atoms with Crippen molar-refractivity contribution in [2.45, 2.75) is 10.8 Å². The van der Waals surface area contributed by atoms with E-state index in [4.69, 9.17) is 15.2 Å². The van der Waals surface area contributed by atoms with Gasteiger partial charge in [-0.1, -0.05) is 18.2 Å². The maximum absolute atomic E-state index is 12.6. The zero-order valence-corrected chi connectivity index (χ0v) is 12.6. The molecule has 3 rings (SSSR count). The van der Waals surface area contributed by atoms with Gasteiger partial charge in [0.1, 0.15) is 11.5 Å². The van der Waals surface area contributed by atoms with E-state index in [1.54, 1.807) is 25.3 Å². The van der Waals surface area contributed by atoms with Gasteiger partial charge in [0.2, 0.25) is 0 Å². The highest BCUT2D eigenvalue weighted by Crippen LogP contribution is 2.35. The van der Waals surface area contributed by atoms with Crippen LogP contribution in [0, 0.1) is 0 Å². The fraction of sp³-hybridized carbons (Fsp3) is 0.250. The molecular weight excluding hydrogens is 286 g/mol. The molecule has 0 aromatic heterocycles. The number of para-hydroxylation sites is 1. The maximum Gasteiger partial charge on any atom is 0.137 e. The lowest BCUT2D eigenvalue weighted by Gasteiger charge is -2.12. The number of nitrogen functional groups attached to an aromatic ring is 1. The average molecular weight is 303 g/mol. The molecule has 1 heterocycles. The number of benzene rings is 2. The second kappa shape index (κ2) is 5.77. The largest absolute Gasteiger partial charge is 0.495 e. The molecule has 2 aromatic carbocycles. The number of hydrogen-bond donors (Lipinski definition) is 1. The summed E-state index contributed by atoms with van der Waals surface area (Å²) in [5, 5.41) is 0. The van der Waals surface area contributed by atoms with Crippen molar-refractivity contribution in [2.24, 2.45) is 0 Å². The topological polar surface area (TPSA) is 61.5 Å². The van der Waals surface area contributed by atoms with E-state index >= 15 is 0 Å². The quantitative estimate of drug-likeness (QED) is 0.882. The highest BCUT2D eigenvalue weighted by atomic mass is 32.2. The summed E-state index contributed by atoms with van der Waals surface area (Å²) in [6, 6.07) is 13.1. The molecule has 2 atom stereocenters. The number of fused-ring (bicyclic) bond motifs is 1. The Hall–Kier alpha value is -2.01. The van der Waals surface area contributed by atoms with E-state index in [-0.39, 0.29) is 5.92 Å². The zero-order valence-electron chi connectivity index (χ0n) is 11.7. The van der Waals surface area contributed by atoms with Crippen LogP contribution in [0.2, 0.25) is 0 Å². The first-order chi connectivity index (χ1) is 10.2. The molecule has 21 heavy (non-hydrogen) atoms. The Balaban J connectivity index is 1.82. The summed E-state index contributed by atoms with van der Waals surface area (Å²) in [6.07, 6.45) is 0. The van der Waals surface area contributed by atoms with Crippen molar-refractivity contribution >= 4 is 16.5 Å². The predicted octanol–water partition coefficient (Wildman–Crippen LogP) is 2.56. The van der Waals surface area contributed by atoms with E-state index in [0.717, 1.165) is 11.3 Å². The number of nitrogens with two attached hydrogens (primary N) is 1. The molecule has 0 saturated carbocycles. The van der Waals surface area contributed by atoms with Crippen LogP contribution in [0.1, 0.15) is 11.5 Å². The Labute approximate surface area is 126 Å². The first kappa shape index (κ1) is 13.9. The second-order valence-corrected chi connectivity index (χ2v) is 6.43. The summed E-state index contributed by atoms with van der Waals surface area (Å²) in [4.78, 5) is 0.677. The van der Waals surface area contributed by atoms with Gasteiger partial charge in [0.15, 0.2) is 0 Å².